The zero-order valence-corrected chi connectivity index (χ0v) is 64.5. The first-order valence-electron chi connectivity index (χ1n) is 41.0. The number of aromatic amines is 8. The smallest absolute Gasteiger partial charge is 0.277 e. The minimum atomic E-state index is -2.64. The van der Waals surface area contributed by atoms with Crippen LogP contribution in [0.15, 0.2) is 141 Å². The van der Waals surface area contributed by atoms with Crippen LogP contribution in [0.3, 0.4) is 0 Å². The molecule has 0 bridgehead atoms. The molecule has 5 aromatic carbocycles. The van der Waals surface area contributed by atoms with Crippen LogP contribution in [0.4, 0.5) is 13.2 Å². The molecule has 7 fully saturated rings. The predicted molar refractivity (Wildman–Crippen MR) is 430 cm³/mol. The summed E-state index contributed by atoms with van der Waals surface area (Å²) in [5.41, 5.74) is 13.9. The molecule has 13 aromatic rings. The quantitative estimate of drug-likeness (QED) is 0.0396. The van der Waals surface area contributed by atoms with Crippen LogP contribution in [0.1, 0.15) is 147 Å². The fraction of sp³-hybridized carbons (Fsp3) is 0.465. The zero-order valence-electron chi connectivity index (χ0n) is 64.5. The fourth-order valence-electron chi connectivity index (χ4n) is 17.5. The van der Waals surface area contributed by atoms with Gasteiger partial charge in [-0.25, -0.2) is 33.1 Å². The number of nitrogens with one attached hydrogen (secondary N) is 8. The van der Waals surface area contributed by atoms with E-state index in [9.17, 15) is 32.3 Å². The van der Waals surface area contributed by atoms with Gasteiger partial charge in [0.15, 0.2) is 0 Å². The summed E-state index contributed by atoms with van der Waals surface area (Å²) in [4.78, 5) is 84.5. The highest BCUT2D eigenvalue weighted by Gasteiger charge is 2.48. The number of halogens is 3. The molecule has 8 N–H and O–H groups in total. The minimum absolute atomic E-state index is 0.0204. The van der Waals surface area contributed by atoms with Crippen molar-refractivity contribution < 1.29 is 41.6 Å². The number of nitrogens with zero attached hydrogens (tertiary/aromatic N) is 8. The van der Waals surface area contributed by atoms with Gasteiger partial charge in [-0.1, -0.05) is 48.5 Å². The molecule has 0 amide bonds. The Kier molecular flexibility index (Phi) is 23.4. The molecule has 0 spiro atoms. The molecule has 26 nitrogen and oxygen atoms in total. The van der Waals surface area contributed by atoms with E-state index < -0.39 is 5.92 Å². The lowest BCUT2D eigenvalue weighted by Gasteiger charge is -2.35. The van der Waals surface area contributed by atoms with Gasteiger partial charge in [0.05, 0.1) is 49.8 Å². The molecule has 6 aliphatic heterocycles. The van der Waals surface area contributed by atoms with Crippen molar-refractivity contribution in [2.45, 2.75) is 146 Å². The molecule has 14 heterocycles. The molecule has 1 saturated carbocycles. The van der Waals surface area contributed by atoms with E-state index in [0.29, 0.717) is 109 Å². The monoisotopic (exact) mass is 1570 g/mol. The molecule has 115 heavy (non-hydrogen) atoms. The number of H-pyrrole nitrogens is 8. The third-order valence-corrected chi connectivity index (χ3v) is 24.1. The van der Waals surface area contributed by atoms with E-state index in [1.54, 1.807) is 21.5 Å². The number of hydrogen-bond donors (Lipinski definition) is 8. The highest BCUT2D eigenvalue weighted by molar-refractivity contribution is 5.78. The van der Waals surface area contributed by atoms with Gasteiger partial charge in [0.1, 0.15) is 5.82 Å². The Morgan fingerprint density at radius 3 is 1.16 bits per heavy atom. The average Bonchev–Trinajstić information content (AvgIpc) is 1.64. The number of aromatic nitrogens is 16. The van der Waals surface area contributed by atoms with Gasteiger partial charge in [-0.15, -0.1) is 0 Å². The number of aryl methyl sites for hydroxylation is 1. The van der Waals surface area contributed by atoms with Gasteiger partial charge >= 0.3 is 0 Å². The van der Waals surface area contributed by atoms with Gasteiger partial charge in [0.25, 0.3) is 22.2 Å². The van der Waals surface area contributed by atoms with Gasteiger partial charge in [-0.2, -0.15) is 18.7 Å². The van der Waals surface area contributed by atoms with Crippen LogP contribution in [0.25, 0.3) is 79.2 Å². The number of rotatable bonds is 18. The summed E-state index contributed by atoms with van der Waals surface area (Å²) in [6, 6.07) is 37.0. The Hall–Kier alpha value is -10.4. The van der Waals surface area contributed by atoms with E-state index in [2.05, 4.69) is 60.3 Å². The minimum Gasteiger partial charge on any atom is -0.381 e. The van der Waals surface area contributed by atoms with Gasteiger partial charge in [0, 0.05) is 149 Å². The molecule has 7 aliphatic rings. The average molecular weight is 1570 g/mol. The lowest BCUT2D eigenvalue weighted by Crippen LogP contribution is -2.34. The van der Waals surface area contributed by atoms with E-state index >= 15 is 0 Å². The summed E-state index contributed by atoms with van der Waals surface area (Å²) in [6.45, 7) is 9.18. The standard InChI is InChI=1S/C23H30N4O3.C22H21FN4O2.C21H26N4O3.C20H22F2N4O2/c28-22-18(15-17-9-13-30-14-10-17)19(6-5-16-7-11-29-12-8-16)26-27(22)23-24-20-3-1-2-4-21(20)25-23;23-16-9-7-15(8-10-16)20-17(12-14-4-3-11-29-13-14)21(28)27(26-20)22-24-18-5-1-2-6-19(18)25-22;26-20-16(13-14-5-9-27-10-6-14)19(15-7-11-28-12-8-15)24-25(20)21-22-17-3-1-2-4-18(17)23-21;21-20(22)10-13(11-20)17-14(9-12-5-7-28-8-6-12)18(27)26(25-17)19-23-15-3-1-2-4-16(15)24-19/h1-4,16-17,26H,5-15H2,(H,24,25);1-2,5-10,14,26H,3-4,11-13H2,(H,24,25);1-4,14-15,24H,5-13H2,(H,22,23);1-4,12-13,25H,5-11H2,(H,23,24). The number of fused-ring (bicyclic) bond motifs is 4. The molecule has 1 unspecified atom stereocenters. The third kappa shape index (κ3) is 17.6. The van der Waals surface area contributed by atoms with Crippen molar-refractivity contribution in [1.82, 2.24) is 79.0 Å². The molecule has 29 heteroatoms. The van der Waals surface area contributed by atoms with Crippen LogP contribution < -0.4 is 22.2 Å². The van der Waals surface area contributed by atoms with Gasteiger partial charge < -0.3 is 48.4 Å². The molecule has 1 atom stereocenters. The van der Waals surface area contributed by atoms with Crippen molar-refractivity contribution >= 4 is 44.1 Å². The SMILES string of the molecule is O=c1c(CC2CCCOC2)c(-c2ccc(F)cc2)[nH]n1-c1nc2ccccc2[nH]1.O=c1c(CC2CCOCC2)c(C2CC(F)(F)C2)[nH]n1-c1nc2ccccc2[nH]1.O=c1c(CC2CCOCC2)c(C2CCOCC2)[nH]n1-c1nc2ccccc2[nH]1.O=c1c(CC2CCOCC2)c(CCC2CCOCC2)[nH]n1-c1nc2ccccc2[nH]1. The summed E-state index contributed by atoms with van der Waals surface area (Å²) in [5, 5.41) is 13.1. The lowest BCUT2D eigenvalue weighted by molar-refractivity contribution is -0.0878. The first kappa shape index (κ1) is 77.2. The summed E-state index contributed by atoms with van der Waals surface area (Å²) in [6.07, 6.45) is 16.4. The number of hydrogen-bond acceptors (Lipinski definition) is 14. The predicted octanol–water partition coefficient (Wildman–Crippen LogP) is 13.6. The first-order chi connectivity index (χ1) is 56.3. The maximum Gasteiger partial charge on any atom is 0.277 e. The second kappa shape index (κ2) is 34.9. The fourth-order valence-corrected chi connectivity index (χ4v) is 17.5. The number of ether oxygens (including phenoxy) is 6. The van der Waals surface area contributed by atoms with Crippen molar-refractivity contribution in [3.05, 3.63) is 208 Å². The van der Waals surface area contributed by atoms with Crippen molar-refractivity contribution in [2.75, 3.05) is 79.3 Å². The number of benzene rings is 5. The van der Waals surface area contributed by atoms with Crippen LogP contribution in [-0.4, -0.2) is 164 Å². The molecule has 6 saturated heterocycles. The van der Waals surface area contributed by atoms with Gasteiger partial charge in [-0.3, -0.25) is 39.6 Å². The van der Waals surface area contributed by atoms with Gasteiger partial charge in [-0.05, 0) is 218 Å². The molecular weight excluding hydrogens is 1470 g/mol. The number of alkyl halides is 2. The maximum absolute atomic E-state index is 13.5. The van der Waals surface area contributed by atoms with E-state index in [1.807, 2.05) is 97.1 Å². The molecule has 20 rings (SSSR count). The van der Waals surface area contributed by atoms with Crippen LogP contribution >= 0.6 is 0 Å². The summed E-state index contributed by atoms with van der Waals surface area (Å²) < 4.78 is 79.5. The largest absolute Gasteiger partial charge is 0.381 e. The van der Waals surface area contributed by atoms with Gasteiger partial charge in [0.2, 0.25) is 29.7 Å². The Morgan fingerprint density at radius 2 is 0.739 bits per heavy atom. The second-order valence-corrected chi connectivity index (χ2v) is 31.9. The summed E-state index contributed by atoms with van der Waals surface area (Å²) in [5.74, 6) is 1.31. The van der Waals surface area contributed by atoms with Crippen molar-refractivity contribution in [1.29, 1.82) is 0 Å². The zero-order chi connectivity index (χ0) is 78.4. The van der Waals surface area contributed by atoms with Crippen molar-refractivity contribution in [3.63, 3.8) is 0 Å². The topological polar surface area (TPSA) is 321 Å². The Bertz CT molecular complexity index is 5560. The number of imidazole rings is 4. The Labute approximate surface area is 659 Å². The van der Waals surface area contributed by atoms with Crippen LogP contribution in [-0.2, 0) is 60.5 Å². The highest BCUT2D eigenvalue weighted by atomic mass is 19.3. The summed E-state index contributed by atoms with van der Waals surface area (Å²) in [7, 11) is 0. The number of para-hydroxylation sites is 8. The normalized spacial score (nSPS) is 19.0. The first-order valence-corrected chi connectivity index (χ1v) is 41.0. The van der Waals surface area contributed by atoms with Crippen LogP contribution in [0.2, 0.25) is 0 Å². The molecule has 1 aliphatic carbocycles. The summed E-state index contributed by atoms with van der Waals surface area (Å²) >= 11 is 0. The Morgan fingerprint density at radius 1 is 0.374 bits per heavy atom. The van der Waals surface area contributed by atoms with Crippen LogP contribution in [0, 0.1) is 35.4 Å². The van der Waals surface area contributed by atoms with E-state index in [1.165, 1.54) is 21.5 Å². The highest BCUT2D eigenvalue weighted by Crippen LogP contribution is 2.49. The lowest BCUT2D eigenvalue weighted by atomic mass is 9.77. The maximum atomic E-state index is 13.5. The van der Waals surface area contributed by atoms with E-state index in [4.69, 9.17) is 28.4 Å². The molecule has 8 aromatic heterocycles. The molecule has 604 valence electrons. The molecule has 0 radical (unpaired) electrons. The van der Waals surface area contributed by atoms with E-state index in [0.717, 1.165) is 234 Å². The molecular formula is C86H99F3N16O10. The van der Waals surface area contributed by atoms with Crippen molar-refractivity contribution in [3.8, 4) is 35.1 Å². The van der Waals surface area contributed by atoms with E-state index in [-0.39, 0.29) is 52.7 Å². The third-order valence-electron chi connectivity index (χ3n) is 24.1. The van der Waals surface area contributed by atoms with Crippen LogP contribution in [0.5, 0.6) is 0 Å². The second-order valence-electron chi connectivity index (χ2n) is 31.9. The van der Waals surface area contributed by atoms with Crippen molar-refractivity contribution in [2.24, 2.45) is 29.6 Å². The Balaban J connectivity index is 0.000000111.